The normalized spacial score (nSPS) is 12.1. The maximum absolute atomic E-state index is 4.89. The van der Waals surface area contributed by atoms with E-state index >= 15 is 0 Å². The summed E-state index contributed by atoms with van der Waals surface area (Å²) >= 11 is -3.79. The van der Waals surface area contributed by atoms with Crippen molar-refractivity contribution in [2.24, 2.45) is 0 Å². The van der Waals surface area contributed by atoms with Crippen LogP contribution in [0, 0.1) is 0 Å². The molecule has 0 fully saturated rings. The van der Waals surface area contributed by atoms with Gasteiger partial charge in [-0.2, -0.15) is 0 Å². The van der Waals surface area contributed by atoms with Crippen molar-refractivity contribution in [2.75, 3.05) is 0 Å². The van der Waals surface area contributed by atoms with Gasteiger partial charge in [-0.25, -0.2) is 0 Å². The van der Waals surface area contributed by atoms with Crippen molar-refractivity contribution >= 4 is 59.7 Å². The maximum atomic E-state index is 4.89. The fraction of sp³-hybridized carbons (Fsp3) is 0.176. The van der Waals surface area contributed by atoms with Crippen molar-refractivity contribution in [2.45, 2.75) is 34.5 Å². The van der Waals surface area contributed by atoms with Gasteiger partial charge in [-0.05, 0) is 0 Å². The third-order valence-electron chi connectivity index (χ3n) is 7.22. The van der Waals surface area contributed by atoms with Crippen molar-refractivity contribution in [1.82, 2.24) is 9.97 Å². The van der Waals surface area contributed by atoms with E-state index in [1.807, 2.05) is 0 Å². The molecule has 5 heteroatoms. The monoisotopic (exact) mass is 649 g/mol. The summed E-state index contributed by atoms with van der Waals surface area (Å²) in [4.78, 5) is 9.79. The first-order valence-corrected chi connectivity index (χ1v) is 29.9. The van der Waals surface area contributed by atoms with Crippen LogP contribution in [0.4, 0.5) is 0 Å². The van der Waals surface area contributed by atoms with Crippen LogP contribution in [-0.4, -0.2) is 45.3 Å². The Kier molecular flexibility index (Phi) is 8.13. The molecule has 2 aromatic heterocycles. The van der Waals surface area contributed by atoms with Gasteiger partial charge in [-0.1, -0.05) is 0 Å². The summed E-state index contributed by atoms with van der Waals surface area (Å²) in [5.74, 6) is 14.5. The summed E-state index contributed by atoms with van der Waals surface area (Å²) in [6, 6.07) is 38.0. The van der Waals surface area contributed by atoms with Crippen molar-refractivity contribution in [3.63, 3.8) is 0 Å². The van der Waals surface area contributed by atoms with E-state index in [4.69, 9.17) is 9.97 Å². The quantitative estimate of drug-likeness (QED) is 0.175. The first-order chi connectivity index (χ1) is 18.6. The predicted octanol–water partition coefficient (Wildman–Crippen LogP) is 5.42. The zero-order valence-corrected chi connectivity index (χ0v) is 29.1. The Morgan fingerprint density at radius 2 is 0.897 bits per heavy atom. The van der Waals surface area contributed by atoms with Crippen LogP contribution >= 0.6 is 0 Å². The van der Waals surface area contributed by atoms with Gasteiger partial charge < -0.3 is 0 Å². The van der Waals surface area contributed by atoms with E-state index in [0.29, 0.717) is 0 Å². The number of hydrogen-bond acceptors (Lipinski definition) is 2. The van der Waals surface area contributed by atoms with Crippen LogP contribution in [-0.2, 0) is 0 Å². The standard InChI is InChI=1S/C34H37Ge2N2Si/c1-35(2,3)28-18-20-33(37-24-28)26-12-10-16-31(22-26)39(30-14-8-7-9-15-30)32-17-11-13-27(23-32)34-21-19-29(25-38-34)36(4,5)6/h7-25H,1-6H3. The SMILES string of the molecule is [CH3][Ge]([CH3])([CH3])[c]1ccc(-c2cccc([Si](c3ccccc3)c3cccc(-c4cc[c]([Ge]([CH3])([CH3])[CH3])cn4)c3)c2)nc1. The Hall–Kier alpha value is -2.74. The van der Waals surface area contributed by atoms with Crippen molar-refractivity contribution in [1.29, 1.82) is 0 Å². The molecule has 0 unspecified atom stereocenters. The van der Waals surface area contributed by atoms with E-state index in [-0.39, 0.29) is 0 Å². The second-order valence-corrected chi connectivity index (χ2v) is 36.1. The van der Waals surface area contributed by atoms with Gasteiger partial charge in [0.25, 0.3) is 0 Å². The molecule has 39 heavy (non-hydrogen) atoms. The molecule has 3 aromatic carbocycles. The summed E-state index contributed by atoms with van der Waals surface area (Å²) in [7, 11) is -1.23. The predicted molar refractivity (Wildman–Crippen MR) is 176 cm³/mol. The van der Waals surface area contributed by atoms with E-state index in [9.17, 15) is 0 Å². The average molecular weight is 647 g/mol. The van der Waals surface area contributed by atoms with Gasteiger partial charge in [0, 0.05) is 0 Å². The minimum absolute atomic E-state index is 1.04. The van der Waals surface area contributed by atoms with E-state index in [0.717, 1.165) is 11.4 Å². The van der Waals surface area contributed by atoms with Crippen LogP contribution in [0.1, 0.15) is 0 Å². The Labute approximate surface area is 240 Å². The van der Waals surface area contributed by atoms with Crippen LogP contribution in [0.25, 0.3) is 22.5 Å². The zero-order valence-electron chi connectivity index (χ0n) is 23.9. The molecule has 0 aliphatic carbocycles. The molecule has 195 valence electrons. The molecule has 5 rings (SSSR count). The topological polar surface area (TPSA) is 25.8 Å². The summed E-state index contributed by atoms with van der Waals surface area (Å²) in [6.07, 6.45) is 4.21. The van der Waals surface area contributed by atoms with Crippen molar-refractivity contribution < 1.29 is 0 Å². The van der Waals surface area contributed by atoms with E-state index in [1.165, 1.54) is 35.5 Å². The number of benzene rings is 3. The number of hydrogen-bond donors (Lipinski definition) is 0. The first kappa shape index (κ1) is 27.8. The molecule has 0 aliphatic heterocycles. The molecule has 1 radical (unpaired) electrons. The van der Waals surface area contributed by atoms with Crippen LogP contribution < -0.4 is 24.4 Å². The van der Waals surface area contributed by atoms with Crippen molar-refractivity contribution in [3.8, 4) is 22.5 Å². The van der Waals surface area contributed by atoms with Gasteiger partial charge >= 0.3 is 242 Å². The third-order valence-corrected chi connectivity index (χ3v) is 18.4. The molecule has 0 bridgehead atoms. The van der Waals surface area contributed by atoms with E-state index in [1.54, 1.807) is 0 Å². The fourth-order valence-corrected chi connectivity index (χ4v) is 11.8. The molecule has 0 atom stereocenters. The molecule has 2 heterocycles. The number of pyridine rings is 2. The molecule has 2 nitrogen and oxygen atoms in total. The van der Waals surface area contributed by atoms with Gasteiger partial charge in [0.2, 0.25) is 0 Å². The van der Waals surface area contributed by atoms with Crippen LogP contribution in [0.2, 0.25) is 34.5 Å². The zero-order chi connectivity index (χ0) is 27.6. The number of nitrogens with zero attached hydrogens (tertiary/aromatic N) is 2. The van der Waals surface area contributed by atoms with Gasteiger partial charge in [0.15, 0.2) is 0 Å². The van der Waals surface area contributed by atoms with Crippen LogP contribution in [0.5, 0.6) is 0 Å². The second-order valence-electron chi connectivity index (χ2n) is 12.3. The molecular weight excluding hydrogens is 610 g/mol. The Morgan fingerprint density at radius 3 is 1.28 bits per heavy atom. The molecule has 0 amide bonds. The Balaban J connectivity index is 1.55. The van der Waals surface area contributed by atoms with E-state index in [2.05, 4.69) is 150 Å². The number of rotatable bonds is 7. The van der Waals surface area contributed by atoms with Gasteiger partial charge in [0.1, 0.15) is 0 Å². The molecule has 0 saturated heterocycles. The summed E-state index contributed by atoms with van der Waals surface area (Å²) in [6.45, 7) is 0. The summed E-state index contributed by atoms with van der Waals surface area (Å²) in [5.41, 5.74) is 4.45. The Bertz CT molecular complexity index is 1450. The van der Waals surface area contributed by atoms with Crippen LogP contribution in [0.3, 0.4) is 0 Å². The van der Waals surface area contributed by atoms with Crippen LogP contribution in [0.15, 0.2) is 116 Å². The average Bonchev–Trinajstić information content (AvgIpc) is 2.93. The van der Waals surface area contributed by atoms with Gasteiger partial charge in [-0.15, -0.1) is 0 Å². The second kappa shape index (κ2) is 11.4. The first-order valence-electron chi connectivity index (χ1n) is 13.7. The van der Waals surface area contributed by atoms with Gasteiger partial charge in [-0.3, -0.25) is 0 Å². The number of aromatic nitrogens is 2. The molecule has 0 saturated carbocycles. The molecule has 0 spiro atoms. The molecule has 0 aliphatic rings. The third kappa shape index (κ3) is 6.54. The summed E-state index contributed by atoms with van der Waals surface area (Å²) in [5, 5.41) is 4.11. The fourth-order valence-electron chi connectivity index (χ4n) is 4.79. The molecule has 5 aromatic rings. The molecular formula is C34H37Ge2N2Si. The Morgan fingerprint density at radius 1 is 0.462 bits per heavy atom. The van der Waals surface area contributed by atoms with Gasteiger partial charge in [0.05, 0.1) is 0 Å². The van der Waals surface area contributed by atoms with Crippen molar-refractivity contribution in [3.05, 3.63) is 116 Å². The summed E-state index contributed by atoms with van der Waals surface area (Å²) < 4.78 is 2.88. The van der Waals surface area contributed by atoms with E-state index < -0.39 is 35.3 Å². The minimum atomic E-state index is -1.89. The molecule has 0 N–H and O–H groups in total.